The van der Waals surface area contributed by atoms with Crippen molar-refractivity contribution < 1.29 is 4.79 Å². The van der Waals surface area contributed by atoms with Gasteiger partial charge in [0.1, 0.15) is 0 Å². The van der Waals surface area contributed by atoms with Gasteiger partial charge in [0.05, 0.1) is 17.8 Å². The van der Waals surface area contributed by atoms with E-state index in [1.54, 1.807) is 6.20 Å². The zero-order valence-electron chi connectivity index (χ0n) is 21.8. The number of rotatable bonds is 8. The van der Waals surface area contributed by atoms with E-state index in [0.29, 0.717) is 18.1 Å². The highest BCUT2D eigenvalue weighted by atomic mass is 32.1. The Kier molecular flexibility index (Phi) is 7.42. The van der Waals surface area contributed by atoms with Crippen molar-refractivity contribution >= 4 is 34.6 Å². The van der Waals surface area contributed by atoms with Gasteiger partial charge in [-0.2, -0.15) is 0 Å². The van der Waals surface area contributed by atoms with Crippen molar-refractivity contribution in [2.45, 2.75) is 25.4 Å². The summed E-state index contributed by atoms with van der Waals surface area (Å²) in [5.41, 5.74) is 6.12. The van der Waals surface area contributed by atoms with Crippen LogP contribution >= 0.6 is 12.2 Å². The van der Waals surface area contributed by atoms with Crippen LogP contribution < -0.4 is 15.5 Å². The summed E-state index contributed by atoms with van der Waals surface area (Å²) in [5.74, 6) is -0.0497. The molecule has 0 spiro atoms. The molecule has 0 aliphatic carbocycles. The number of hydrogen-bond donors (Lipinski definition) is 2. The van der Waals surface area contributed by atoms with E-state index >= 15 is 0 Å². The van der Waals surface area contributed by atoms with Gasteiger partial charge in [-0.05, 0) is 79.8 Å². The van der Waals surface area contributed by atoms with Crippen LogP contribution in [0, 0.1) is 6.92 Å². The maximum absolute atomic E-state index is 12.9. The Balaban J connectivity index is 1.43. The Labute approximate surface area is 229 Å². The van der Waals surface area contributed by atoms with Crippen LogP contribution in [-0.4, -0.2) is 46.1 Å². The van der Waals surface area contributed by atoms with Crippen molar-refractivity contribution in [3.05, 3.63) is 108 Å². The number of aromatic nitrogens is 2. The van der Waals surface area contributed by atoms with E-state index < -0.39 is 0 Å². The van der Waals surface area contributed by atoms with Gasteiger partial charge >= 0.3 is 0 Å². The molecule has 1 amide bonds. The first kappa shape index (κ1) is 25.5. The summed E-state index contributed by atoms with van der Waals surface area (Å²) in [6.07, 6.45) is 4.17. The fraction of sp³-hybridized carbons (Fsp3) is 0.233. The van der Waals surface area contributed by atoms with Crippen LogP contribution in [0.15, 0.2) is 91.3 Å². The van der Waals surface area contributed by atoms with Crippen molar-refractivity contribution in [3.63, 3.8) is 0 Å². The molecule has 7 nitrogen and oxygen atoms in total. The summed E-state index contributed by atoms with van der Waals surface area (Å²) in [4.78, 5) is 21.7. The molecule has 1 aliphatic heterocycles. The van der Waals surface area contributed by atoms with Gasteiger partial charge in [-0.1, -0.05) is 23.8 Å². The normalized spacial score (nSPS) is 16.8. The molecule has 4 aromatic rings. The zero-order chi connectivity index (χ0) is 26.6. The molecule has 2 N–H and O–H groups in total. The van der Waals surface area contributed by atoms with E-state index in [4.69, 9.17) is 12.2 Å². The third-order valence-electron chi connectivity index (χ3n) is 6.84. The summed E-state index contributed by atoms with van der Waals surface area (Å²) in [6.45, 7) is 2.50. The third kappa shape index (κ3) is 5.40. The molecule has 2 atom stereocenters. The molecular formula is C30H32N6OS. The Morgan fingerprint density at radius 1 is 1.03 bits per heavy atom. The van der Waals surface area contributed by atoms with Crippen LogP contribution in [0.4, 0.5) is 11.4 Å². The molecule has 1 aliphatic rings. The van der Waals surface area contributed by atoms with Crippen LogP contribution in [0.1, 0.15) is 35.5 Å². The molecule has 2 unspecified atom stereocenters. The van der Waals surface area contributed by atoms with Gasteiger partial charge in [-0.3, -0.25) is 9.78 Å². The van der Waals surface area contributed by atoms with Gasteiger partial charge in [0.2, 0.25) is 5.91 Å². The first-order valence-electron chi connectivity index (χ1n) is 12.7. The number of carbonyl (C=O) groups is 1. The summed E-state index contributed by atoms with van der Waals surface area (Å²) in [7, 11) is 4.07. The average molecular weight is 525 g/mol. The van der Waals surface area contributed by atoms with Crippen molar-refractivity contribution in [1.29, 1.82) is 0 Å². The van der Waals surface area contributed by atoms with Gasteiger partial charge in [-0.15, -0.1) is 0 Å². The molecular weight excluding hydrogens is 492 g/mol. The predicted molar refractivity (Wildman–Crippen MR) is 157 cm³/mol. The highest BCUT2D eigenvalue weighted by Crippen LogP contribution is 2.39. The summed E-state index contributed by atoms with van der Waals surface area (Å²) < 4.78 is 2.19. The van der Waals surface area contributed by atoms with Gasteiger partial charge in [-0.25, -0.2) is 0 Å². The predicted octanol–water partition coefficient (Wildman–Crippen LogP) is 5.25. The van der Waals surface area contributed by atoms with Crippen LogP contribution in [-0.2, 0) is 4.79 Å². The van der Waals surface area contributed by atoms with Crippen LogP contribution in [0.5, 0.6) is 0 Å². The summed E-state index contributed by atoms with van der Waals surface area (Å²) in [6, 6.07) is 26.1. The molecule has 194 valence electrons. The SMILES string of the molecule is Cc1ccc(NC(=O)CCN2C(=S)NC(c3ccccn3)C2c2cccn2-c2ccc(N(C)C)cc2)cc1. The second-order valence-corrected chi connectivity index (χ2v) is 10.1. The Morgan fingerprint density at radius 2 is 1.79 bits per heavy atom. The molecule has 0 radical (unpaired) electrons. The second-order valence-electron chi connectivity index (χ2n) is 9.70. The Bertz CT molecular complexity index is 1400. The number of nitrogens with zero attached hydrogens (tertiary/aromatic N) is 4. The fourth-order valence-electron chi connectivity index (χ4n) is 4.83. The smallest absolute Gasteiger partial charge is 0.226 e. The molecule has 1 fully saturated rings. The highest BCUT2D eigenvalue weighted by molar-refractivity contribution is 7.80. The minimum atomic E-state index is -0.154. The third-order valence-corrected chi connectivity index (χ3v) is 7.19. The fourth-order valence-corrected chi connectivity index (χ4v) is 5.16. The van der Waals surface area contributed by atoms with Gasteiger partial charge in [0.15, 0.2) is 5.11 Å². The minimum Gasteiger partial charge on any atom is -0.378 e. The summed E-state index contributed by atoms with van der Waals surface area (Å²) >= 11 is 5.81. The maximum atomic E-state index is 12.9. The van der Waals surface area contributed by atoms with Crippen LogP contribution in [0.2, 0.25) is 0 Å². The van der Waals surface area contributed by atoms with Crippen molar-refractivity contribution in [2.75, 3.05) is 30.9 Å². The number of benzene rings is 2. The molecule has 5 rings (SSSR count). The topological polar surface area (TPSA) is 65.4 Å². The molecule has 0 saturated carbocycles. The molecule has 2 aromatic heterocycles. The van der Waals surface area contributed by atoms with E-state index in [1.165, 1.54) is 0 Å². The molecule has 3 heterocycles. The lowest BCUT2D eigenvalue weighted by Gasteiger charge is -2.29. The molecule has 38 heavy (non-hydrogen) atoms. The Morgan fingerprint density at radius 3 is 2.47 bits per heavy atom. The Hall–Kier alpha value is -4.17. The van der Waals surface area contributed by atoms with Gasteiger partial charge < -0.3 is 25.0 Å². The number of carbonyl (C=O) groups excluding carboxylic acids is 1. The van der Waals surface area contributed by atoms with Gasteiger partial charge in [0, 0.05) is 62.2 Å². The largest absolute Gasteiger partial charge is 0.378 e. The number of thiocarbonyl (C=S) groups is 1. The number of amides is 1. The molecule has 8 heteroatoms. The van der Waals surface area contributed by atoms with E-state index in [-0.39, 0.29) is 18.0 Å². The van der Waals surface area contributed by atoms with Gasteiger partial charge in [0.25, 0.3) is 0 Å². The average Bonchev–Trinajstić information content (AvgIpc) is 3.53. The molecule has 0 bridgehead atoms. The lowest BCUT2D eigenvalue weighted by molar-refractivity contribution is -0.116. The first-order chi connectivity index (χ1) is 18.4. The highest BCUT2D eigenvalue weighted by Gasteiger charge is 2.41. The number of hydrogen-bond acceptors (Lipinski definition) is 4. The van der Waals surface area contributed by atoms with Crippen molar-refractivity contribution in [3.8, 4) is 5.69 Å². The molecule has 1 saturated heterocycles. The number of pyridine rings is 1. The quantitative estimate of drug-likeness (QED) is 0.307. The minimum absolute atomic E-state index is 0.0497. The van der Waals surface area contributed by atoms with Crippen molar-refractivity contribution in [1.82, 2.24) is 19.8 Å². The number of nitrogens with one attached hydrogen (secondary N) is 2. The summed E-state index contributed by atoms with van der Waals surface area (Å²) in [5, 5.41) is 7.10. The monoisotopic (exact) mass is 524 g/mol. The van der Waals surface area contributed by atoms with Crippen LogP contribution in [0.25, 0.3) is 5.69 Å². The lowest BCUT2D eigenvalue weighted by Crippen LogP contribution is -2.33. The van der Waals surface area contributed by atoms with Crippen LogP contribution in [0.3, 0.4) is 0 Å². The van der Waals surface area contributed by atoms with Crippen molar-refractivity contribution in [2.24, 2.45) is 0 Å². The van der Waals surface area contributed by atoms with E-state index in [0.717, 1.165) is 34.0 Å². The zero-order valence-corrected chi connectivity index (χ0v) is 22.7. The number of anilines is 2. The first-order valence-corrected chi connectivity index (χ1v) is 13.1. The van der Waals surface area contributed by atoms with E-state index in [2.05, 4.69) is 66.5 Å². The van der Waals surface area contributed by atoms with E-state index in [9.17, 15) is 4.79 Å². The second kappa shape index (κ2) is 11.1. The standard InChI is InChI=1S/C30H32N6OS/c1-21-9-11-22(12-10-21)32-27(37)17-20-36-29(28(33-30(36)38)25-7-4-5-18-31-25)26-8-6-19-35(26)24-15-13-23(14-16-24)34(2)3/h4-16,18-19,28-29H,17,20H2,1-3H3,(H,32,37)(H,33,38). The van der Waals surface area contributed by atoms with E-state index in [1.807, 2.05) is 69.6 Å². The lowest BCUT2D eigenvalue weighted by atomic mass is 10.0. The molecule has 2 aromatic carbocycles. The number of aryl methyl sites for hydroxylation is 1. The maximum Gasteiger partial charge on any atom is 0.226 e.